The molecule has 0 saturated heterocycles. The Morgan fingerprint density at radius 1 is 1.08 bits per heavy atom. The maximum atomic E-state index is 13.4. The number of aliphatic hydroxyl groups excluding tert-OH is 1. The van der Waals surface area contributed by atoms with Gasteiger partial charge in [0, 0.05) is 12.6 Å². The van der Waals surface area contributed by atoms with Gasteiger partial charge >= 0.3 is 5.69 Å². The lowest BCUT2D eigenvalue weighted by molar-refractivity contribution is 0.129. The quantitative estimate of drug-likeness (QED) is 0.718. The fraction of sp³-hybridized carbons (Fsp3) is 0.381. The molecule has 1 aliphatic carbocycles. The Balaban J connectivity index is 1.95. The van der Waals surface area contributed by atoms with E-state index in [0.717, 1.165) is 29.4 Å². The van der Waals surface area contributed by atoms with Crippen LogP contribution in [0, 0.1) is 0 Å². The van der Waals surface area contributed by atoms with Crippen LogP contribution in [0.15, 0.2) is 59.4 Å². The average molecular weight is 351 g/mol. The summed E-state index contributed by atoms with van der Waals surface area (Å²) in [5.41, 5.74) is 2.75. The monoisotopic (exact) mass is 351 g/mol. The van der Waals surface area contributed by atoms with Crippen LogP contribution >= 0.6 is 0 Å². The van der Waals surface area contributed by atoms with E-state index >= 15 is 0 Å². The molecule has 0 radical (unpaired) electrons. The largest absolute Gasteiger partial charge is 0.389 e. The molecule has 1 fully saturated rings. The average Bonchev–Trinajstić information content (AvgIpc) is 2.89. The van der Waals surface area contributed by atoms with Crippen molar-refractivity contribution in [3.63, 3.8) is 0 Å². The molecule has 0 spiro atoms. The first-order chi connectivity index (χ1) is 12.7. The fourth-order valence-corrected chi connectivity index (χ4v) is 3.97. The molecule has 1 aromatic heterocycles. The van der Waals surface area contributed by atoms with Crippen LogP contribution in [0.5, 0.6) is 0 Å². The molecule has 26 heavy (non-hydrogen) atoms. The normalized spacial score (nSPS) is 17.2. The zero-order valence-electron chi connectivity index (χ0n) is 15.0. The highest BCUT2D eigenvalue weighted by molar-refractivity contribution is 5.76. The number of nitrogens with one attached hydrogen (secondary N) is 1. The van der Waals surface area contributed by atoms with E-state index < -0.39 is 12.1 Å². The van der Waals surface area contributed by atoms with Crippen LogP contribution in [0.4, 0.5) is 0 Å². The van der Waals surface area contributed by atoms with Crippen molar-refractivity contribution in [2.45, 2.75) is 37.5 Å². The van der Waals surface area contributed by atoms with Crippen molar-refractivity contribution in [3.8, 4) is 0 Å². The highest BCUT2D eigenvalue weighted by atomic mass is 16.3. The maximum Gasteiger partial charge on any atom is 0.330 e. The van der Waals surface area contributed by atoms with Gasteiger partial charge in [-0.1, -0.05) is 42.5 Å². The Labute approximate surface area is 152 Å². The van der Waals surface area contributed by atoms with Crippen LogP contribution in [-0.2, 0) is 0 Å². The number of nitrogens with zero attached hydrogens (tertiary/aromatic N) is 2. The zero-order valence-corrected chi connectivity index (χ0v) is 15.0. The number of rotatable bonds is 6. The Bertz CT molecular complexity index is 941. The standard InChI is InChI=1S/C21H25N3O2/c1-22-14-19(25)20(15-8-3-2-4-9-15)24-18-13-6-5-12-17(18)23(21(24)26)16-10-7-11-16/h2-6,8-9,12-13,16,19-20,22,25H,7,10-11,14H2,1H3/t19-,20-/m0/s1. The molecule has 1 heterocycles. The Morgan fingerprint density at radius 2 is 1.73 bits per heavy atom. The highest BCUT2D eigenvalue weighted by Crippen LogP contribution is 2.34. The predicted octanol–water partition coefficient (Wildman–Crippen LogP) is 2.70. The zero-order chi connectivity index (χ0) is 18.1. The van der Waals surface area contributed by atoms with E-state index in [9.17, 15) is 9.90 Å². The first-order valence-electron chi connectivity index (χ1n) is 9.31. The summed E-state index contributed by atoms with van der Waals surface area (Å²) in [5, 5.41) is 13.9. The lowest BCUT2D eigenvalue weighted by Gasteiger charge is -2.27. The van der Waals surface area contributed by atoms with E-state index in [2.05, 4.69) is 5.32 Å². The summed E-state index contributed by atoms with van der Waals surface area (Å²) in [6.07, 6.45) is 2.55. The van der Waals surface area contributed by atoms with Crippen molar-refractivity contribution in [2.75, 3.05) is 13.6 Å². The van der Waals surface area contributed by atoms with E-state index in [1.165, 1.54) is 6.42 Å². The van der Waals surface area contributed by atoms with Gasteiger partial charge in [0.15, 0.2) is 0 Å². The summed E-state index contributed by atoms with van der Waals surface area (Å²) in [6, 6.07) is 17.6. The van der Waals surface area contributed by atoms with Gasteiger partial charge in [-0.05, 0) is 44.0 Å². The van der Waals surface area contributed by atoms with Gasteiger partial charge < -0.3 is 10.4 Å². The van der Waals surface area contributed by atoms with E-state index in [0.29, 0.717) is 6.54 Å². The molecule has 4 rings (SSSR count). The summed E-state index contributed by atoms with van der Waals surface area (Å²) in [4.78, 5) is 13.4. The number of aromatic nitrogens is 2. The summed E-state index contributed by atoms with van der Waals surface area (Å²) < 4.78 is 3.71. The number of hydrogen-bond acceptors (Lipinski definition) is 3. The smallest absolute Gasteiger partial charge is 0.330 e. The lowest BCUT2D eigenvalue weighted by Crippen LogP contribution is -2.39. The second kappa shape index (κ2) is 7.09. The molecular formula is C21H25N3O2. The molecule has 5 heteroatoms. The van der Waals surface area contributed by atoms with Crippen molar-refractivity contribution >= 4 is 11.0 Å². The summed E-state index contributed by atoms with van der Waals surface area (Å²) in [5.74, 6) is 0. The molecule has 0 aliphatic heterocycles. The van der Waals surface area contributed by atoms with E-state index in [4.69, 9.17) is 0 Å². The van der Waals surface area contributed by atoms with Crippen molar-refractivity contribution in [3.05, 3.63) is 70.6 Å². The SMILES string of the molecule is CNC[C@H](O)[C@H](c1ccccc1)n1c(=O)n(C2CCC2)c2ccccc21. The van der Waals surface area contributed by atoms with Gasteiger partial charge in [-0.3, -0.25) is 9.13 Å². The van der Waals surface area contributed by atoms with Gasteiger partial charge in [0.2, 0.25) is 0 Å². The topological polar surface area (TPSA) is 59.2 Å². The number of likely N-dealkylation sites (N-methyl/N-ethyl adjacent to an activating group) is 1. The molecule has 0 bridgehead atoms. The molecule has 0 amide bonds. The van der Waals surface area contributed by atoms with Gasteiger partial charge in [-0.25, -0.2) is 4.79 Å². The minimum atomic E-state index is -0.708. The molecule has 5 nitrogen and oxygen atoms in total. The third-order valence-electron chi connectivity index (χ3n) is 5.45. The van der Waals surface area contributed by atoms with Crippen LogP contribution in [0.25, 0.3) is 11.0 Å². The molecule has 2 N–H and O–H groups in total. The van der Waals surface area contributed by atoms with E-state index in [1.54, 1.807) is 4.57 Å². The Hall–Kier alpha value is -2.37. The van der Waals surface area contributed by atoms with Crippen LogP contribution in [0.2, 0.25) is 0 Å². The number of benzene rings is 2. The molecule has 2 aromatic carbocycles. The van der Waals surface area contributed by atoms with Gasteiger partial charge in [-0.15, -0.1) is 0 Å². The third kappa shape index (κ3) is 2.77. The van der Waals surface area contributed by atoms with Crippen molar-refractivity contribution < 1.29 is 5.11 Å². The summed E-state index contributed by atoms with van der Waals surface area (Å²) in [7, 11) is 1.81. The van der Waals surface area contributed by atoms with E-state index in [1.807, 2.05) is 66.2 Å². The number of fused-ring (bicyclic) bond motifs is 1. The van der Waals surface area contributed by atoms with Gasteiger partial charge in [0.25, 0.3) is 0 Å². The molecule has 3 aromatic rings. The number of hydrogen-bond donors (Lipinski definition) is 2. The first-order valence-corrected chi connectivity index (χ1v) is 9.31. The molecule has 1 aliphatic rings. The summed E-state index contributed by atoms with van der Waals surface area (Å²) >= 11 is 0. The van der Waals surface area contributed by atoms with Crippen LogP contribution in [-0.4, -0.2) is 33.9 Å². The van der Waals surface area contributed by atoms with Gasteiger partial charge in [0.1, 0.15) is 0 Å². The number of imidazole rings is 1. The number of para-hydroxylation sites is 2. The Kier molecular flexibility index (Phi) is 4.66. The minimum absolute atomic E-state index is 0.0279. The second-order valence-electron chi connectivity index (χ2n) is 7.08. The summed E-state index contributed by atoms with van der Waals surface area (Å²) in [6.45, 7) is 0.412. The van der Waals surface area contributed by atoms with Crippen molar-refractivity contribution in [1.82, 2.24) is 14.5 Å². The Morgan fingerprint density at radius 3 is 2.35 bits per heavy atom. The van der Waals surface area contributed by atoms with Crippen molar-refractivity contribution in [1.29, 1.82) is 0 Å². The molecule has 1 saturated carbocycles. The van der Waals surface area contributed by atoms with Crippen LogP contribution in [0.1, 0.15) is 36.9 Å². The van der Waals surface area contributed by atoms with Crippen LogP contribution in [0.3, 0.4) is 0 Å². The predicted molar refractivity (Wildman–Crippen MR) is 104 cm³/mol. The van der Waals surface area contributed by atoms with Crippen LogP contribution < -0.4 is 11.0 Å². The number of aliphatic hydroxyl groups is 1. The highest BCUT2D eigenvalue weighted by Gasteiger charge is 2.31. The minimum Gasteiger partial charge on any atom is -0.389 e. The second-order valence-corrected chi connectivity index (χ2v) is 7.08. The fourth-order valence-electron chi connectivity index (χ4n) is 3.97. The van der Waals surface area contributed by atoms with Gasteiger partial charge in [-0.2, -0.15) is 0 Å². The molecule has 136 valence electrons. The molecule has 0 unspecified atom stereocenters. The van der Waals surface area contributed by atoms with E-state index in [-0.39, 0.29) is 11.7 Å². The maximum absolute atomic E-state index is 13.4. The molecular weight excluding hydrogens is 326 g/mol. The first kappa shape index (κ1) is 17.1. The van der Waals surface area contributed by atoms with Gasteiger partial charge in [0.05, 0.1) is 23.2 Å². The third-order valence-corrected chi connectivity index (χ3v) is 5.45. The lowest BCUT2D eigenvalue weighted by atomic mass is 9.93. The molecule has 2 atom stereocenters. The van der Waals surface area contributed by atoms with Crippen molar-refractivity contribution in [2.24, 2.45) is 0 Å².